The Labute approximate surface area is 137 Å². The summed E-state index contributed by atoms with van der Waals surface area (Å²) in [6.45, 7) is -0.0851. The van der Waals surface area contributed by atoms with Crippen molar-refractivity contribution in [3.8, 4) is 11.1 Å². The van der Waals surface area contributed by atoms with Crippen LogP contribution in [0.5, 0.6) is 0 Å². The molecular formula is C18H15F2N3O. The van der Waals surface area contributed by atoms with Crippen LogP contribution in [0.4, 0.5) is 8.78 Å². The van der Waals surface area contributed by atoms with E-state index in [2.05, 4.69) is 10.3 Å². The van der Waals surface area contributed by atoms with E-state index in [9.17, 15) is 13.6 Å². The van der Waals surface area contributed by atoms with Gasteiger partial charge in [0.25, 0.3) is 5.91 Å². The lowest BCUT2D eigenvalue weighted by molar-refractivity contribution is 0.0942. The molecule has 1 amide bonds. The number of hydrogen-bond acceptors (Lipinski definition) is 2. The Morgan fingerprint density at radius 2 is 1.88 bits per heavy atom. The summed E-state index contributed by atoms with van der Waals surface area (Å²) in [6.07, 6.45) is 5.18. The van der Waals surface area contributed by atoms with Gasteiger partial charge in [0.15, 0.2) is 0 Å². The minimum absolute atomic E-state index is 0.0851. The fourth-order valence-corrected chi connectivity index (χ4v) is 2.44. The molecule has 0 aliphatic rings. The van der Waals surface area contributed by atoms with E-state index in [1.54, 1.807) is 30.1 Å². The fourth-order valence-electron chi connectivity index (χ4n) is 2.44. The zero-order chi connectivity index (χ0) is 17.1. The Morgan fingerprint density at radius 3 is 2.62 bits per heavy atom. The van der Waals surface area contributed by atoms with Crippen molar-refractivity contribution in [3.63, 3.8) is 0 Å². The third-order valence-electron chi connectivity index (χ3n) is 3.70. The molecule has 3 rings (SSSR count). The van der Waals surface area contributed by atoms with E-state index in [1.165, 1.54) is 0 Å². The predicted molar refractivity (Wildman–Crippen MR) is 86.2 cm³/mol. The van der Waals surface area contributed by atoms with Gasteiger partial charge in [-0.3, -0.25) is 9.78 Å². The third-order valence-corrected chi connectivity index (χ3v) is 3.70. The van der Waals surface area contributed by atoms with E-state index < -0.39 is 11.6 Å². The Bertz CT molecular complexity index is 875. The number of halogens is 2. The summed E-state index contributed by atoms with van der Waals surface area (Å²) in [4.78, 5) is 16.3. The van der Waals surface area contributed by atoms with Crippen LogP contribution in [-0.4, -0.2) is 15.5 Å². The van der Waals surface area contributed by atoms with Gasteiger partial charge in [0.1, 0.15) is 17.3 Å². The van der Waals surface area contributed by atoms with E-state index in [0.717, 1.165) is 29.3 Å². The van der Waals surface area contributed by atoms with E-state index in [-0.39, 0.29) is 18.0 Å². The van der Waals surface area contributed by atoms with Gasteiger partial charge in [0, 0.05) is 43.3 Å². The average Bonchev–Trinajstić information content (AvgIpc) is 2.98. The van der Waals surface area contributed by atoms with Gasteiger partial charge in [-0.2, -0.15) is 0 Å². The van der Waals surface area contributed by atoms with E-state index in [0.29, 0.717) is 5.69 Å². The number of aryl methyl sites for hydroxylation is 1. The second-order valence-electron chi connectivity index (χ2n) is 5.38. The number of carbonyl (C=O) groups excluding carboxylic acids is 1. The number of benzene rings is 1. The first-order chi connectivity index (χ1) is 11.5. The highest BCUT2D eigenvalue weighted by Crippen LogP contribution is 2.21. The first-order valence-corrected chi connectivity index (χ1v) is 7.33. The van der Waals surface area contributed by atoms with E-state index >= 15 is 0 Å². The average molecular weight is 327 g/mol. The number of rotatable bonds is 4. The van der Waals surface area contributed by atoms with Crippen LogP contribution in [0.15, 0.2) is 55.0 Å². The van der Waals surface area contributed by atoms with Crippen molar-refractivity contribution in [3.05, 3.63) is 77.9 Å². The second-order valence-corrected chi connectivity index (χ2v) is 5.38. The molecule has 0 fully saturated rings. The van der Waals surface area contributed by atoms with Crippen LogP contribution >= 0.6 is 0 Å². The summed E-state index contributed by atoms with van der Waals surface area (Å²) in [5, 5.41) is 2.61. The Balaban J connectivity index is 1.76. The molecule has 6 heteroatoms. The molecule has 2 aromatic heterocycles. The van der Waals surface area contributed by atoms with Crippen LogP contribution in [0.2, 0.25) is 0 Å². The van der Waals surface area contributed by atoms with E-state index in [1.807, 2.05) is 18.3 Å². The molecule has 1 N–H and O–H groups in total. The zero-order valence-corrected chi connectivity index (χ0v) is 13.0. The lowest BCUT2D eigenvalue weighted by Crippen LogP contribution is -2.25. The van der Waals surface area contributed by atoms with Crippen molar-refractivity contribution < 1.29 is 13.6 Å². The Hall–Kier alpha value is -3.02. The normalized spacial score (nSPS) is 10.6. The monoisotopic (exact) mass is 327 g/mol. The molecule has 0 aliphatic heterocycles. The molecule has 0 radical (unpaired) electrons. The summed E-state index contributed by atoms with van der Waals surface area (Å²) in [6, 6.07) is 8.59. The standard InChI is InChI=1S/C18H15F2N3O/c1-23-11-14(12-4-6-21-7-5-12)9-17(23)18(24)22-10-13-8-15(19)2-3-16(13)20/h2-9,11H,10H2,1H3,(H,22,24). The number of nitrogens with one attached hydrogen (secondary N) is 1. The van der Waals surface area contributed by atoms with Crippen LogP contribution in [0.25, 0.3) is 11.1 Å². The van der Waals surface area contributed by atoms with Crippen molar-refractivity contribution in [2.45, 2.75) is 6.54 Å². The zero-order valence-electron chi connectivity index (χ0n) is 13.0. The summed E-state index contributed by atoms with van der Waals surface area (Å²) in [7, 11) is 1.75. The lowest BCUT2D eigenvalue weighted by Gasteiger charge is -2.07. The molecule has 0 saturated heterocycles. The molecule has 1 aromatic carbocycles. The first kappa shape index (κ1) is 15.9. The molecule has 0 saturated carbocycles. The second kappa shape index (κ2) is 6.62. The molecule has 0 aliphatic carbocycles. The SMILES string of the molecule is Cn1cc(-c2ccncc2)cc1C(=O)NCc1cc(F)ccc1F. The largest absolute Gasteiger partial charge is 0.347 e. The van der Waals surface area contributed by atoms with Gasteiger partial charge in [-0.05, 0) is 42.0 Å². The minimum atomic E-state index is -0.555. The van der Waals surface area contributed by atoms with E-state index in [4.69, 9.17) is 0 Å². The molecule has 0 bridgehead atoms. The Kier molecular flexibility index (Phi) is 4.37. The van der Waals surface area contributed by atoms with Gasteiger partial charge in [0.05, 0.1) is 0 Å². The molecule has 3 aromatic rings. The van der Waals surface area contributed by atoms with Gasteiger partial charge in [-0.25, -0.2) is 8.78 Å². The van der Waals surface area contributed by atoms with Crippen LogP contribution in [0, 0.1) is 11.6 Å². The highest BCUT2D eigenvalue weighted by molar-refractivity contribution is 5.94. The summed E-state index contributed by atoms with van der Waals surface area (Å²) in [5.41, 5.74) is 2.35. The van der Waals surface area contributed by atoms with Crippen molar-refractivity contribution in [2.24, 2.45) is 7.05 Å². The number of nitrogens with zero attached hydrogens (tertiary/aromatic N) is 2. The van der Waals surface area contributed by atoms with Gasteiger partial charge in [-0.15, -0.1) is 0 Å². The molecule has 2 heterocycles. The third kappa shape index (κ3) is 3.32. The predicted octanol–water partition coefficient (Wildman–Crippen LogP) is 3.30. The molecule has 0 atom stereocenters. The van der Waals surface area contributed by atoms with Crippen LogP contribution < -0.4 is 5.32 Å². The topological polar surface area (TPSA) is 46.9 Å². The number of carbonyl (C=O) groups is 1. The van der Waals surface area contributed by atoms with Crippen LogP contribution in [-0.2, 0) is 13.6 Å². The molecular weight excluding hydrogens is 312 g/mol. The summed E-state index contributed by atoms with van der Waals surface area (Å²) < 4.78 is 28.4. The van der Waals surface area contributed by atoms with Crippen molar-refractivity contribution >= 4 is 5.91 Å². The maximum atomic E-state index is 13.6. The number of aromatic nitrogens is 2. The quantitative estimate of drug-likeness (QED) is 0.799. The van der Waals surface area contributed by atoms with Crippen molar-refractivity contribution in [1.82, 2.24) is 14.9 Å². The van der Waals surface area contributed by atoms with Crippen LogP contribution in [0.1, 0.15) is 16.1 Å². The molecule has 0 spiro atoms. The highest BCUT2D eigenvalue weighted by atomic mass is 19.1. The first-order valence-electron chi connectivity index (χ1n) is 7.33. The van der Waals surface area contributed by atoms with Gasteiger partial charge >= 0.3 is 0 Å². The number of hydrogen-bond donors (Lipinski definition) is 1. The smallest absolute Gasteiger partial charge is 0.268 e. The van der Waals surface area contributed by atoms with Gasteiger partial charge in [-0.1, -0.05) is 0 Å². The van der Waals surface area contributed by atoms with Gasteiger partial charge < -0.3 is 9.88 Å². The maximum absolute atomic E-state index is 13.6. The van der Waals surface area contributed by atoms with Crippen molar-refractivity contribution in [2.75, 3.05) is 0 Å². The maximum Gasteiger partial charge on any atom is 0.268 e. The minimum Gasteiger partial charge on any atom is -0.347 e. The molecule has 0 unspecified atom stereocenters. The van der Waals surface area contributed by atoms with Gasteiger partial charge in [0.2, 0.25) is 0 Å². The highest BCUT2D eigenvalue weighted by Gasteiger charge is 2.13. The summed E-state index contributed by atoms with van der Waals surface area (Å²) >= 11 is 0. The molecule has 4 nitrogen and oxygen atoms in total. The van der Waals surface area contributed by atoms with Crippen LogP contribution in [0.3, 0.4) is 0 Å². The lowest BCUT2D eigenvalue weighted by atomic mass is 10.1. The summed E-state index contributed by atoms with van der Waals surface area (Å²) in [5.74, 6) is -1.46. The fraction of sp³-hybridized carbons (Fsp3) is 0.111. The number of pyridine rings is 1. The van der Waals surface area contributed by atoms with Crippen molar-refractivity contribution in [1.29, 1.82) is 0 Å². The Morgan fingerprint density at radius 1 is 1.12 bits per heavy atom. The molecule has 122 valence electrons. The molecule has 24 heavy (non-hydrogen) atoms. The number of amides is 1.